The van der Waals surface area contributed by atoms with Crippen LogP contribution in [0, 0.1) is 6.92 Å². The Hall–Kier alpha value is -3.95. The first kappa shape index (κ1) is 23.8. The van der Waals surface area contributed by atoms with Crippen LogP contribution >= 0.6 is 0 Å². The number of nitrogens with zero attached hydrogens (tertiary/aromatic N) is 3. The van der Waals surface area contributed by atoms with Crippen molar-refractivity contribution < 1.29 is 18.7 Å². The maximum atomic E-state index is 12.2. The molecule has 1 aliphatic heterocycles. The van der Waals surface area contributed by atoms with Crippen molar-refractivity contribution in [2.75, 3.05) is 45.2 Å². The smallest absolute Gasteiger partial charge is 0.255 e. The zero-order valence-electron chi connectivity index (χ0n) is 20.4. The van der Waals surface area contributed by atoms with Gasteiger partial charge in [0.1, 0.15) is 29.2 Å². The number of ether oxygens (including phenoxy) is 2. The number of nitrogens with one attached hydrogen (secondary N) is 2. The lowest BCUT2D eigenvalue weighted by molar-refractivity contribution is 0.0384. The van der Waals surface area contributed by atoms with E-state index < -0.39 is 0 Å². The molecule has 0 bridgehead atoms. The van der Waals surface area contributed by atoms with Crippen molar-refractivity contribution in [3.63, 3.8) is 0 Å². The molecule has 0 radical (unpaired) electrons. The minimum atomic E-state index is -0.184. The number of rotatable bonds is 8. The third-order valence-electron chi connectivity index (χ3n) is 6.18. The van der Waals surface area contributed by atoms with E-state index in [-0.39, 0.29) is 5.91 Å². The highest BCUT2D eigenvalue weighted by Gasteiger charge is 2.18. The molecule has 2 aromatic heterocycles. The van der Waals surface area contributed by atoms with Gasteiger partial charge < -0.3 is 24.5 Å². The Kier molecular flexibility index (Phi) is 7.11. The molecule has 0 spiro atoms. The summed E-state index contributed by atoms with van der Waals surface area (Å²) in [4.78, 5) is 23.2. The van der Waals surface area contributed by atoms with Gasteiger partial charge in [-0.2, -0.15) is 0 Å². The highest BCUT2D eigenvalue weighted by atomic mass is 16.5. The summed E-state index contributed by atoms with van der Waals surface area (Å²) in [7, 11) is 1.60. The lowest BCUT2D eigenvalue weighted by Gasteiger charge is -2.26. The van der Waals surface area contributed by atoms with E-state index in [1.807, 2.05) is 18.2 Å². The number of hydrogen-bond donors (Lipinski definition) is 2. The molecule has 0 aliphatic carbocycles. The number of amides is 1. The Morgan fingerprint density at radius 2 is 1.97 bits per heavy atom. The molecule has 1 amide bonds. The van der Waals surface area contributed by atoms with Crippen molar-refractivity contribution in [2.24, 2.45) is 0 Å². The lowest BCUT2D eigenvalue weighted by atomic mass is 10.1. The summed E-state index contributed by atoms with van der Waals surface area (Å²) in [6.07, 6.45) is 2.43. The second-order valence-electron chi connectivity index (χ2n) is 8.64. The Balaban J connectivity index is 1.26. The molecule has 2 aromatic carbocycles. The molecule has 9 heteroatoms. The van der Waals surface area contributed by atoms with Crippen molar-refractivity contribution in [2.45, 2.75) is 13.3 Å². The van der Waals surface area contributed by atoms with Gasteiger partial charge in [-0.25, -0.2) is 9.97 Å². The number of furan rings is 1. The number of carbonyl (C=O) groups excluding carboxylic acids is 1. The second-order valence-corrected chi connectivity index (χ2v) is 8.64. The SMILES string of the molecule is CNC(=O)c1c(C)oc2cc(Oc3cc(Nc4cccc(CCN5CCOCC5)c4)ncn3)ccc12. The van der Waals surface area contributed by atoms with Gasteiger partial charge in [0, 0.05) is 49.9 Å². The zero-order chi connectivity index (χ0) is 24.9. The first-order valence-corrected chi connectivity index (χ1v) is 12.0. The molecule has 3 heterocycles. The van der Waals surface area contributed by atoms with E-state index in [4.69, 9.17) is 13.9 Å². The molecule has 36 heavy (non-hydrogen) atoms. The van der Waals surface area contributed by atoms with Crippen LogP contribution in [0.3, 0.4) is 0 Å². The molecule has 9 nitrogen and oxygen atoms in total. The van der Waals surface area contributed by atoms with Crippen LogP contribution in [0.2, 0.25) is 0 Å². The number of benzene rings is 2. The predicted octanol–water partition coefficient (Wildman–Crippen LogP) is 4.30. The Labute approximate surface area is 209 Å². The summed E-state index contributed by atoms with van der Waals surface area (Å²) in [5.74, 6) is 1.94. The summed E-state index contributed by atoms with van der Waals surface area (Å²) >= 11 is 0. The van der Waals surface area contributed by atoms with Gasteiger partial charge in [0.2, 0.25) is 5.88 Å². The maximum Gasteiger partial charge on any atom is 0.255 e. The van der Waals surface area contributed by atoms with Crippen LogP contribution in [0.5, 0.6) is 11.6 Å². The molecule has 2 N–H and O–H groups in total. The fourth-order valence-electron chi connectivity index (χ4n) is 4.32. The summed E-state index contributed by atoms with van der Waals surface area (Å²) in [6.45, 7) is 6.39. The van der Waals surface area contributed by atoms with Gasteiger partial charge in [-0.3, -0.25) is 9.69 Å². The summed E-state index contributed by atoms with van der Waals surface area (Å²) in [5, 5.41) is 6.72. The van der Waals surface area contributed by atoms with Crippen LogP contribution in [0.1, 0.15) is 21.7 Å². The van der Waals surface area contributed by atoms with E-state index in [1.165, 1.54) is 11.9 Å². The predicted molar refractivity (Wildman–Crippen MR) is 137 cm³/mol. The summed E-state index contributed by atoms with van der Waals surface area (Å²) in [6, 6.07) is 15.4. The van der Waals surface area contributed by atoms with E-state index in [9.17, 15) is 4.79 Å². The fourth-order valence-corrected chi connectivity index (χ4v) is 4.32. The fraction of sp³-hybridized carbons (Fsp3) is 0.296. The molecule has 186 valence electrons. The molecule has 5 rings (SSSR count). The van der Waals surface area contributed by atoms with Crippen LogP contribution in [0.4, 0.5) is 11.5 Å². The highest BCUT2D eigenvalue weighted by molar-refractivity contribution is 6.07. The Morgan fingerprint density at radius 1 is 1.11 bits per heavy atom. The average molecular weight is 488 g/mol. The summed E-state index contributed by atoms with van der Waals surface area (Å²) < 4.78 is 17.2. The van der Waals surface area contributed by atoms with Crippen LogP contribution in [0.15, 0.2) is 59.3 Å². The van der Waals surface area contributed by atoms with Gasteiger partial charge in [0.25, 0.3) is 5.91 Å². The first-order chi connectivity index (χ1) is 17.6. The van der Waals surface area contributed by atoms with Gasteiger partial charge in [0.05, 0.1) is 18.8 Å². The van der Waals surface area contributed by atoms with Gasteiger partial charge >= 0.3 is 0 Å². The number of hydrogen-bond acceptors (Lipinski definition) is 8. The summed E-state index contributed by atoms with van der Waals surface area (Å²) in [5.41, 5.74) is 3.31. The standard InChI is InChI=1S/C27H29N5O4/c1-18-26(27(33)28-2)22-7-6-21(15-23(22)35-18)36-25-16-24(29-17-30-25)31-20-5-3-4-19(14-20)8-9-32-10-12-34-13-11-32/h3-7,14-17H,8-13H2,1-2H3,(H,28,33)(H,29,30,31). The van der Waals surface area contributed by atoms with Crippen molar-refractivity contribution in [3.8, 4) is 11.6 Å². The largest absolute Gasteiger partial charge is 0.460 e. The number of morpholine rings is 1. The molecule has 1 aliphatic rings. The molecular formula is C27H29N5O4. The molecule has 0 saturated carbocycles. The molecule has 0 unspecified atom stereocenters. The maximum absolute atomic E-state index is 12.2. The van der Waals surface area contributed by atoms with Crippen molar-refractivity contribution in [1.29, 1.82) is 0 Å². The van der Waals surface area contributed by atoms with Gasteiger partial charge in [0.15, 0.2) is 0 Å². The van der Waals surface area contributed by atoms with Crippen LogP contribution in [-0.2, 0) is 11.2 Å². The number of carbonyl (C=O) groups is 1. The molecular weight excluding hydrogens is 458 g/mol. The van der Waals surface area contributed by atoms with E-state index in [1.54, 1.807) is 32.2 Å². The van der Waals surface area contributed by atoms with Crippen molar-refractivity contribution >= 4 is 28.4 Å². The molecule has 0 atom stereocenters. The normalized spacial score (nSPS) is 14.1. The van der Waals surface area contributed by atoms with E-state index in [2.05, 4.69) is 37.6 Å². The van der Waals surface area contributed by atoms with Gasteiger partial charge in [-0.15, -0.1) is 0 Å². The average Bonchev–Trinajstić information content (AvgIpc) is 3.23. The minimum absolute atomic E-state index is 0.184. The monoisotopic (exact) mass is 487 g/mol. The Bertz CT molecular complexity index is 1360. The third-order valence-corrected chi connectivity index (χ3v) is 6.18. The highest BCUT2D eigenvalue weighted by Crippen LogP contribution is 2.31. The van der Waals surface area contributed by atoms with Gasteiger partial charge in [-0.1, -0.05) is 12.1 Å². The minimum Gasteiger partial charge on any atom is -0.460 e. The third kappa shape index (κ3) is 5.48. The molecule has 1 fully saturated rings. The van der Waals surface area contributed by atoms with Crippen LogP contribution < -0.4 is 15.4 Å². The van der Waals surface area contributed by atoms with Crippen LogP contribution in [-0.4, -0.2) is 60.7 Å². The van der Waals surface area contributed by atoms with E-state index in [0.29, 0.717) is 34.4 Å². The van der Waals surface area contributed by atoms with Gasteiger partial charge in [-0.05, 0) is 43.2 Å². The van der Waals surface area contributed by atoms with E-state index >= 15 is 0 Å². The van der Waals surface area contributed by atoms with Crippen molar-refractivity contribution in [1.82, 2.24) is 20.2 Å². The zero-order valence-corrected chi connectivity index (χ0v) is 20.4. The number of aryl methyl sites for hydroxylation is 1. The first-order valence-electron chi connectivity index (χ1n) is 12.0. The second kappa shape index (κ2) is 10.8. The topological polar surface area (TPSA) is 102 Å². The van der Waals surface area contributed by atoms with Crippen LogP contribution in [0.25, 0.3) is 11.0 Å². The quantitative estimate of drug-likeness (QED) is 0.379. The number of aromatic nitrogens is 2. The number of anilines is 2. The van der Waals surface area contributed by atoms with Crippen molar-refractivity contribution in [3.05, 3.63) is 71.7 Å². The Morgan fingerprint density at radius 3 is 2.81 bits per heavy atom. The molecule has 1 saturated heterocycles. The number of fused-ring (bicyclic) bond motifs is 1. The molecule has 4 aromatic rings. The van der Waals surface area contributed by atoms with E-state index in [0.717, 1.165) is 50.3 Å². The lowest BCUT2D eigenvalue weighted by Crippen LogP contribution is -2.37.